The SMILES string of the molecule is CCN(c1cc(Cl)c(C#N)cn1)c1cc(-c2c(C)noc2C)ccc1C. The third kappa shape index (κ3) is 3.16. The van der Waals surface area contributed by atoms with E-state index >= 15 is 0 Å². The minimum atomic E-state index is 0.368. The second-order valence-electron chi connectivity index (χ2n) is 6.08. The van der Waals surface area contributed by atoms with E-state index in [0.717, 1.165) is 33.8 Å². The van der Waals surface area contributed by atoms with Crippen LogP contribution in [0.4, 0.5) is 11.5 Å². The average Bonchev–Trinajstić information content (AvgIpc) is 2.96. The van der Waals surface area contributed by atoms with Crippen LogP contribution < -0.4 is 4.90 Å². The van der Waals surface area contributed by atoms with Crippen molar-refractivity contribution in [2.75, 3.05) is 11.4 Å². The van der Waals surface area contributed by atoms with Gasteiger partial charge in [0.05, 0.1) is 16.3 Å². The Kier molecular flexibility index (Phi) is 4.97. The lowest BCUT2D eigenvalue weighted by molar-refractivity contribution is 0.393. The molecule has 0 N–H and O–H groups in total. The molecule has 5 nitrogen and oxygen atoms in total. The van der Waals surface area contributed by atoms with Crippen LogP contribution in [-0.4, -0.2) is 16.7 Å². The Morgan fingerprint density at radius 1 is 1.23 bits per heavy atom. The number of hydrogen-bond acceptors (Lipinski definition) is 5. The molecule has 0 fully saturated rings. The van der Waals surface area contributed by atoms with Gasteiger partial charge in [-0.05, 0) is 44.9 Å². The summed E-state index contributed by atoms with van der Waals surface area (Å²) in [4.78, 5) is 6.49. The van der Waals surface area contributed by atoms with Gasteiger partial charge in [-0.2, -0.15) is 5.26 Å². The zero-order valence-corrected chi connectivity index (χ0v) is 15.9. The van der Waals surface area contributed by atoms with E-state index in [9.17, 15) is 0 Å². The summed E-state index contributed by atoms with van der Waals surface area (Å²) in [5.41, 5.74) is 5.42. The number of aryl methyl sites for hydroxylation is 3. The van der Waals surface area contributed by atoms with Crippen LogP contribution in [0.3, 0.4) is 0 Å². The minimum Gasteiger partial charge on any atom is -0.361 e. The van der Waals surface area contributed by atoms with Crippen molar-refractivity contribution < 1.29 is 4.52 Å². The third-order valence-corrected chi connectivity index (χ3v) is 4.69. The van der Waals surface area contributed by atoms with E-state index in [0.29, 0.717) is 22.9 Å². The van der Waals surface area contributed by atoms with Gasteiger partial charge in [0.15, 0.2) is 0 Å². The molecule has 0 spiro atoms. The summed E-state index contributed by atoms with van der Waals surface area (Å²) >= 11 is 6.20. The van der Waals surface area contributed by atoms with Crippen LogP contribution in [0.15, 0.2) is 35.0 Å². The van der Waals surface area contributed by atoms with Gasteiger partial charge in [0.2, 0.25) is 0 Å². The first kappa shape index (κ1) is 18.0. The Hall–Kier alpha value is -2.84. The van der Waals surface area contributed by atoms with Gasteiger partial charge in [0.25, 0.3) is 0 Å². The molecule has 0 aliphatic rings. The van der Waals surface area contributed by atoms with E-state index in [4.69, 9.17) is 21.4 Å². The number of pyridine rings is 1. The highest BCUT2D eigenvalue weighted by molar-refractivity contribution is 6.31. The summed E-state index contributed by atoms with van der Waals surface area (Å²) < 4.78 is 5.31. The van der Waals surface area contributed by atoms with Crippen LogP contribution in [0, 0.1) is 32.1 Å². The number of anilines is 2. The smallest absolute Gasteiger partial charge is 0.141 e. The van der Waals surface area contributed by atoms with Gasteiger partial charge in [-0.15, -0.1) is 0 Å². The van der Waals surface area contributed by atoms with Gasteiger partial charge in [0, 0.05) is 30.1 Å². The molecule has 0 saturated heterocycles. The molecule has 0 atom stereocenters. The molecule has 0 radical (unpaired) electrons. The molecule has 0 amide bonds. The molecule has 132 valence electrons. The van der Waals surface area contributed by atoms with Crippen molar-refractivity contribution in [3.8, 4) is 17.2 Å². The molecule has 2 heterocycles. The highest BCUT2D eigenvalue weighted by Gasteiger charge is 2.17. The average molecular weight is 367 g/mol. The Balaban J connectivity index is 2.11. The lowest BCUT2D eigenvalue weighted by Gasteiger charge is -2.25. The van der Waals surface area contributed by atoms with Crippen molar-refractivity contribution in [3.05, 3.63) is 58.1 Å². The van der Waals surface area contributed by atoms with Crippen molar-refractivity contribution >= 4 is 23.1 Å². The number of nitrogens with zero attached hydrogens (tertiary/aromatic N) is 4. The van der Waals surface area contributed by atoms with Gasteiger partial charge in [-0.25, -0.2) is 4.98 Å². The molecular weight excluding hydrogens is 348 g/mol. The van der Waals surface area contributed by atoms with Crippen molar-refractivity contribution in [2.45, 2.75) is 27.7 Å². The summed E-state index contributed by atoms with van der Waals surface area (Å²) in [5, 5.41) is 13.5. The number of nitriles is 1. The molecule has 6 heteroatoms. The highest BCUT2D eigenvalue weighted by Crippen LogP contribution is 2.35. The van der Waals surface area contributed by atoms with E-state index in [-0.39, 0.29) is 0 Å². The van der Waals surface area contributed by atoms with Gasteiger partial charge in [-0.3, -0.25) is 0 Å². The molecule has 2 aromatic heterocycles. The first-order chi connectivity index (χ1) is 12.5. The summed E-state index contributed by atoms with van der Waals surface area (Å²) in [6, 6.07) is 10.0. The standard InChI is InChI=1S/C20H19ClN4O/c1-5-25(19-9-17(21)16(10-22)11-23-19)18-8-15(7-6-12(18)2)20-13(3)24-26-14(20)4/h6-9,11H,5H2,1-4H3. The number of halogens is 1. The van der Waals surface area contributed by atoms with Crippen molar-refractivity contribution in [1.29, 1.82) is 5.26 Å². The molecule has 26 heavy (non-hydrogen) atoms. The van der Waals surface area contributed by atoms with Gasteiger partial charge in [0.1, 0.15) is 17.6 Å². The maximum Gasteiger partial charge on any atom is 0.141 e. The molecular formula is C20H19ClN4O. The second-order valence-corrected chi connectivity index (χ2v) is 6.49. The summed E-state index contributed by atoms with van der Waals surface area (Å²) in [6.07, 6.45) is 1.51. The molecule has 0 saturated carbocycles. The van der Waals surface area contributed by atoms with Crippen LogP contribution >= 0.6 is 11.6 Å². The molecule has 0 aliphatic heterocycles. The predicted molar refractivity (Wildman–Crippen MR) is 103 cm³/mol. The molecule has 0 bridgehead atoms. The summed E-state index contributed by atoms with van der Waals surface area (Å²) in [7, 11) is 0. The van der Waals surface area contributed by atoms with Crippen molar-refractivity contribution in [1.82, 2.24) is 10.1 Å². The lowest BCUT2D eigenvalue weighted by atomic mass is 10.0. The second kappa shape index (κ2) is 7.19. The zero-order chi connectivity index (χ0) is 18.8. The summed E-state index contributed by atoms with van der Waals surface area (Å²) in [5.74, 6) is 1.50. The first-order valence-electron chi connectivity index (χ1n) is 8.33. The van der Waals surface area contributed by atoms with Crippen molar-refractivity contribution in [3.63, 3.8) is 0 Å². The number of rotatable bonds is 4. The van der Waals surface area contributed by atoms with E-state index < -0.39 is 0 Å². The fourth-order valence-corrected chi connectivity index (χ4v) is 3.25. The fourth-order valence-electron chi connectivity index (χ4n) is 3.06. The topological polar surface area (TPSA) is 66.0 Å². The van der Waals surface area contributed by atoms with Crippen LogP contribution in [0.25, 0.3) is 11.1 Å². The number of aromatic nitrogens is 2. The fraction of sp³-hybridized carbons (Fsp3) is 0.250. The quantitative estimate of drug-likeness (QED) is 0.623. The Bertz CT molecular complexity index is 984. The Morgan fingerprint density at radius 2 is 2.00 bits per heavy atom. The van der Waals surface area contributed by atoms with Crippen molar-refractivity contribution in [2.24, 2.45) is 0 Å². The predicted octanol–water partition coefficient (Wildman–Crippen LogP) is 5.34. The molecule has 3 rings (SSSR count). The largest absolute Gasteiger partial charge is 0.361 e. The maximum absolute atomic E-state index is 9.06. The Morgan fingerprint density at radius 3 is 2.58 bits per heavy atom. The summed E-state index contributed by atoms with van der Waals surface area (Å²) in [6.45, 7) is 8.66. The number of hydrogen-bond donors (Lipinski definition) is 0. The van der Waals surface area contributed by atoms with E-state index in [1.54, 1.807) is 6.07 Å². The number of benzene rings is 1. The van der Waals surface area contributed by atoms with Gasteiger partial charge < -0.3 is 9.42 Å². The molecule has 0 aliphatic carbocycles. The van der Waals surface area contributed by atoms with Crippen LogP contribution in [0.5, 0.6) is 0 Å². The third-order valence-electron chi connectivity index (χ3n) is 4.37. The molecule has 1 aromatic carbocycles. The van der Waals surface area contributed by atoms with Crippen LogP contribution in [0.1, 0.15) is 29.5 Å². The zero-order valence-electron chi connectivity index (χ0n) is 15.2. The first-order valence-corrected chi connectivity index (χ1v) is 8.71. The van der Waals surface area contributed by atoms with Gasteiger partial charge in [-0.1, -0.05) is 28.9 Å². The normalized spacial score (nSPS) is 10.6. The Labute approximate surface area is 157 Å². The monoisotopic (exact) mass is 366 g/mol. The highest BCUT2D eigenvalue weighted by atomic mass is 35.5. The van der Waals surface area contributed by atoms with E-state index in [1.807, 2.05) is 19.9 Å². The van der Waals surface area contributed by atoms with Crippen LogP contribution in [-0.2, 0) is 0 Å². The van der Waals surface area contributed by atoms with E-state index in [1.165, 1.54) is 6.20 Å². The minimum absolute atomic E-state index is 0.368. The molecule has 0 unspecified atom stereocenters. The van der Waals surface area contributed by atoms with Gasteiger partial charge >= 0.3 is 0 Å². The molecule has 3 aromatic rings. The van der Waals surface area contributed by atoms with Crippen LogP contribution in [0.2, 0.25) is 5.02 Å². The lowest BCUT2D eigenvalue weighted by Crippen LogP contribution is -2.18. The maximum atomic E-state index is 9.06. The van der Waals surface area contributed by atoms with E-state index in [2.05, 4.69) is 47.1 Å².